The average Bonchev–Trinajstić information content (AvgIpc) is 2.26. The molecule has 0 atom stereocenters. The molecule has 0 aliphatic heterocycles. The summed E-state index contributed by atoms with van der Waals surface area (Å²) in [5.41, 5.74) is 9.06. The SMILES string of the molecule is CC(C)(C)c1ccc2nc(CN)ccc2c1. The molecule has 2 heteroatoms. The summed E-state index contributed by atoms with van der Waals surface area (Å²) >= 11 is 0. The van der Waals surface area contributed by atoms with Crippen molar-refractivity contribution in [3.63, 3.8) is 0 Å². The van der Waals surface area contributed by atoms with E-state index in [0.717, 1.165) is 11.2 Å². The number of aromatic nitrogens is 1. The molecule has 84 valence electrons. The largest absolute Gasteiger partial charge is 0.325 e. The molecule has 16 heavy (non-hydrogen) atoms. The van der Waals surface area contributed by atoms with Crippen molar-refractivity contribution in [1.82, 2.24) is 4.98 Å². The second-order valence-corrected chi connectivity index (χ2v) is 5.16. The van der Waals surface area contributed by atoms with Gasteiger partial charge in [-0.1, -0.05) is 32.9 Å². The van der Waals surface area contributed by atoms with E-state index >= 15 is 0 Å². The first kappa shape index (κ1) is 11.1. The summed E-state index contributed by atoms with van der Waals surface area (Å²) in [6.45, 7) is 7.15. The number of hydrogen-bond donors (Lipinski definition) is 1. The summed E-state index contributed by atoms with van der Waals surface area (Å²) in [4.78, 5) is 4.49. The van der Waals surface area contributed by atoms with Crippen LogP contribution in [0.2, 0.25) is 0 Å². The molecule has 0 bridgehead atoms. The van der Waals surface area contributed by atoms with Crippen LogP contribution in [-0.2, 0) is 12.0 Å². The molecule has 1 aromatic heterocycles. The van der Waals surface area contributed by atoms with Crippen LogP contribution in [0.5, 0.6) is 0 Å². The van der Waals surface area contributed by atoms with Gasteiger partial charge in [-0.2, -0.15) is 0 Å². The highest BCUT2D eigenvalue weighted by molar-refractivity contribution is 5.79. The maximum Gasteiger partial charge on any atom is 0.0706 e. The standard InChI is InChI=1S/C14H18N2/c1-14(2,3)11-5-7-13-10(8-11)4-6-12(9-15)16-13/h4-8H,9,15H2,1-3H3. The summed E-state index contributed by atoms with van der Waals surface area (Å²) in [6.07, 6.45) is 0. The zero-order chi connectivity index (χ0) is 11.8. The van der Waals surface area contributed by atoms with Crippen molar-refractivity contribution in [2.24, 2.45) is 5.73 Å². The van der Waals surface area contributed by atoms with Gasteiger partial charge < -0.3 is 5.73 Å². The van der Waals surface area contributed by atoms with Gasteiger partial charge in [-0.3, -0.25) is 4.98 Å². The van der Waals surface area contributed by atoms with Gasteiger partial charge in [0, 0.05) is 11.9 Å². The van der Waals surface area contributed by atoms with Gasteiger partial charge >= 0.3 is 0 Å². The molecule has 0 radical (unpaired) electrons. The van der Waals surface area contributed by atoms with Crippen molar-refractivity contribution in [3.8, 4) is 0 Å². The van der Waals surface area contributed by atoms with Crippen molar-refractivity contribution in [3.05, 3.63) is 41.6 Å². The van der Waals surface area contributed by atoms with Crippen molar-refractivity contribution in [1.29, 1.82) is 0 Å². The summed E-state index contributed by atoms with van der Waals surface area (Å²) in [7, 11) is 0. The minimum Gasteiger partial charge on any atom is -0.325 e. The molecule has 0 saturated carbocycles. The van der Waals surface area contributed by atoms with Crippen LogP contribution in [0.3, 0.4) is 0 Å². The molecular weight excluding hydrogens is 196 g/mol. The van der Waals surface area contributed by atoms with Crippen LogP contribution < -0.4 is 5.73 Å². The summed E-state index contributed by atoms with van der Waals surface area (Å²) in [5.74, 6) is 0. The van der Waals surface area contributed by atoms with Crippen LogP contribution >= 0.6 is 0 Å². The highest BCUT2D eigenvalue weighted by Gasteiger charge is 2.13. The second kappa shape index (κ2) is 3.87. The Bertz CT molecular complexity index is 510. The molecule has 1 aromatic carbocycles. The van der Waals surface area contributed by atoms with Gasteiger partial charge in [0.1, 0.15) is 0 Å². The van der Waals surface area contributed by atoms with E-state index in [4.69, 9.17) is 5.73 Å². The molecule has 2 N–H and O–H groups in total. The number of pyridine rings is 1. The zero-order valence-corrected chi connectivity index (χ0v) is 10.1. The fourth-order valence-corrected chi connectivity index (χ4v) is 1.75. The Hall–Kier alpha value is -1.41. The zero-order valence-electron chi connectivity index (χ0n) is 10.1. The van der Waals surface area contributed by atoms with E-state index in [1.54, 1.807) is 0 Å². The van der Waals surface area contributed by atoms with Gasteiger partial charge in [0.05, 0.1) is 11.2 Å². The third kappa shape index (κ3) is 2.07. The van der Waals surface area contributed by atoms with Crippen LogP contribution in [0.1, 0.15) is 32.0 Å². The first-order valence-electron chi connectivity index (χ1n) is 5.61. The lowest BCUT2D eigenvalue weighted by molar-refractivity contribution is 0.591. The number of nitrogens with zero attached hydrogens (tertiary/aromatic N) is 1. The normalized spacial score (nSPS) is 12.0. The van der Waals surface area contributed by atoms with Gasteiger partial charge in [0.2, 0.25) is 0 Å². The summed E-state index contributed by atoms with van der Waals surface area (Å²) in [6, 6.07) is 10.5. The van der Waals surface area contributed by atoms with Crippen LogP contribution in [0, 0.1) is 0 Å². The minimum absolute atomic E-state index is 0.181. The number of rotatable bonds is 1. The Morgan fingerprint density at radius 3 is 2.50 bits per heavy atom. The van der Waals surface area contributed by atoms with Gasteiger partial charge in [0.25, 0.3) is 0 Å². The van der Waals surface area contributed by atoms with Crippen molar-refractivity contribution in [2.45, 2.75) is 32.7 Å². The van der Waals surface area contributed by atoms with Crippen LogP contribution in [0.4, 0.5) is 0 Å². The monoisotopic (exact) mass is 214 g/mol. The fraction of sp³-hybridized carbons (Fsp3) is 0.357. The lowest BCUT2D eigenvalue weighted by atomic mass is 9.86. The predicted molar refractivity (Wildman–Crippen MR) is 68.3 cm³/mol. The van der Waals surface area contributed by atoms with Crippen LogP contribution in [0.25, 0.3) is 10.9 Å². The first-order chi connectivity index (χ1) is 7.50. The van der Waals surface area contributed by atoms with Crippen LogP contribution in [-0.4, -0.2) is 4.98 Å². The van der Waals surface area contributed by atoms with Crippen molar-refractivity contribution < 1.29 is 0 Å². The molecule has 2 nitrogen and oxygen atoms in total. The summed E-state index contributed by atoms with van der Waals surface area (Å²) < 4.78 is 0. The maximum absolute atomic E-state index is 5.58. The Morgan fingerprint density at radius 1 is 1.12 bits per heavy atom. The molecule has 2 rings (SSSR count). The number of hydrogen-bond acceptors (Lipinski definition) is 2. The van der Waals surface area contributed by atoms with Crippen LogP contribution in [0.15, 0.2) is 30.3 Å². The van der Waals surface area contributed by atoms with E-state index in [1.807, 2.05) is 6.07 Å². The lowest BCUT2D eigenvalue weighted by Crippen LogP contribution is -2.10. The smallest absolute Gasteiger partial charge is 0.0706 e. The molecule has 0 unspecified atom stereocenters. The number of nitrogens with two attached hydrogens (primary N) is 1. The van der Waals surface area contributed by atoms with Gasteiger partial charge in [-0.05, 0) is 29.2 Å². The highest BCUT2D eigenvalue weighted by atomic mass is 14.7. The molecule has 0 spiro atoms. The van der Waals surface area contributed by atoms with Gasteiger partial charge in [-0.25, -0.2) is 0 Å². The van der Waals surface area contributed by atoms with Crippen molar-refractivity contribution >= 4 is 10.9 Å². The molecule has 1 heterocycles. The third-order valence-electron chi connectivity index (χ3n) is 2.82. The minimum atomic E-state index is 0.181. The Labute approximate surface area is 96.5 Å². The summed E-state index contributed by atoms with van der Waals surface area (Å²) in [5, 5.41) is 1.18. The van der Waals surface area contributed by atoms with E-state index in [9.17, 15) is 0 Å². The molecule has 0 amide bonds. The molecule has 0 fully saturated rings. The van der Waals surface area contributed by atoms with E-state index in [2.05, 4.69) is 50.0 Å². The lowest BCUT2D eigenvalue weighted by Gasteiger charge is -2.19. The first-order valence-corrected chi connectivity index (χ1v) is 5.61. The third-order valence-corrected chi connectivity index (χ3v) is 2.82. The predicted octanol–water partition coefficient (Wildman–Crippen LogP) is 2.99. The highest BCUT2D eigenvalue weighted by Crippen LogP contribution is 2.25. The number of benzene rings is 1. The molecule has 0 saturated heterocycles. The molecule has 0 aliphatic rings. The van der Waals surface area contributed by atoms with Crippen molar-refractivity contribution in [2.75, 3.05) is 0 Å². The van der Waals surface area contributed by atoms with E-state index < -0.39 is 0 Å². The van der Waals surface area contributed by atoms with Gasteiger partial charge in [-0.15, -0.1) is 0 Å². The molecule has 2 aromatic rings. The fourth-order valence-electron chi connectivity index (χ4n) is 1.75. The van der Waals surface area contributed by atoms with Gasteiger partial charge in [0.15, 0.2) is 0 Å². The maximum atomic E-state index is 5.58. The van der Waals surface area contributed by atoms with E-state index in [0.29, 0.717) is 6.54 Å². The molecule has 0 aliphatic carbocycles. The Balaban J connectivity index is 2.56. The van der Waals surface area contributed by atoms with E-state index in [-0.39, 0.29) is 5.41 Å². The molecular formula is C14H18N2. The topological polar surface area (TPSA) is 38.9 Å². The average molecular weight is 214 g/mol. The van der Waals surface area contributed by atoms with E-state index in [1.165, 1.54) is 10.9 Å². The quantitative estimate of drug-likeness (QED) is 0.792. The Morgan fingerprint density at radius 2 is 1.88 bits per heavy atom. The number of fused-ring (bicyclic) bond motifs is 1. The Kier molecular flexibility index (Phi) is 2.68. The second-order valence-electron chi connectivity index (χ2n) is 5.16.